The van der Waals surface area contributed by atoms with Crippen molar-refractivity contribution in [3.8, 4) is 11.8 Å². The van der Waals surface area contributed by atoms with Gasteiger partial charge in [-0.25, -0.2) is 4.39 Å². The molecule has 1 atom stereocenters. The number of amides is 1. The monoisotopic (exact) mass is 560 g/mol. The van der Waals surface area contributed by atoms with Gasteiger partial charge < -0.3 is 24.5 Å². The van der Waals surface area contributed by atoms with Crippen molar-refractivity contribution in [1.29, 1.82) is 0 Å². The standard InChI is InChI=1S/C31H37FN6O3/c1-2-29(40)36-12-14-37(15-13-36)30-26-9-11-38(28-19-24(39)18-22-6-3-4-8-25(22)28)21-27(26)33-31(34-30)41-17-16-35-10-5-7-23(32)20-35/h2-4,6,8,18-19,23,39H,1,5,7,9-17,20-21H2. The van der Waals surface area contributed by atoms with Crippen LogP contribution in [0.25, 0.3) is 10.8 Å². The molecule has 1 unspecified atom stereocenters. The highest BCUT2D eigenvalue weighted by Gasteiger charge is 2.29. The second-order valence-electron chi connectivity index (χ2n) is 11.0. The van der Waals surface area contributed by atoms with E-state index in [-0.39, 0.29) is 11.7 Å². The van der Waals surface area contributed by atoms with Crippen LogP contribution in [0, 0.1) is 0 Å². The molecule has 0 spiro atoms. The van der Waals surface area contributed by atoms with Gasteiger partial charge >= 0.3 is 6.01 Å². The first-order valence-electron chi connectivity index (χ1n) is 14.5. The van der Waals surface area contributed by atoms with E-state index in [9.17, 15) is 14.3 Å². The summed E-state index contributed by atoms with van der Waals surface area (Å²) in [5, 5.41) is 12.5. The molecule has 3 aromatic rings. The minimum absolute atomic E-state index is 0.0550. The maximum atomic E-state index is 13.9. The smallest absolute Gasteiger partial charge is 0.318 e. The van der Waals surface area contributed by atoms with Crippen molar-refractivity contribution in [3.63, 3.8) is 0 Å². The first kappa shape index (κ1) is 27.3. The van der Waals surface area contributed by atoms with Gasteiger partial charge in [0.05, 0.1) is 12.2 Å². The van der Waals surface area contributed by atoms with Crippen molar-refractivity contribution in [2.75, 3.05) is 68.8 Å². The van der Waals surface area contributed by atoms with E-state index in [1.807, 2.05) is 24.3 Å². The number of phenolic OH excluding ortho intramolecular Hbond substituents is 1. The number of hydrogen-bond donors (Lipinski definition) is 1. The highest BCUT2D eigenvalue weighted by atomic mass is 19.1. The number of fused-ring (bicyclic) bond motifs is 2. The number of carbonyl (C=O) groups excluding carboxylic acids is 1. The molecule has 6 rings (SSSR count). The number of anilines is 2. The van der Waals surface area contributed by atoms with E-state index < -0.39 is 6.17 Å². The molecule has 1 aromatic heterocycles. The summed E-state index contributed by atoms with van der Waals surface area (Å²) in [6.07, 6.45) is 2.82. The van der Waals surface area contributed by atoms with E-state index >= 15 is 0 Å². The first-order chi connectivity index (χ1) is 20.0. The van der Waals surface area contributed by atoms with Crippen molar-refractivity contribution in [1.82, 2.24) is 19.8 Å². The third-order valence-electron chi connectivity index (χ3n) is 8.34. The Balaban J connectivity index is 1.26. The topological polar surface area (TPSA) is 85.3 Å². The fourth-order valence-corrected chi connectivity index (χ4v) is 6.19. The molecule has 0 aliphatic carbocycles. The highest BCUT2D eigenvalue weighted by molar-refractivity contribution is 5.95. The van der Waals surface area contributed by atoms with Crippen LogP contribution in [0.15, 0.2) is 49.1 Å². The SMILES string of the molecule is C=CC(=O)N1CCN(c2nc(OCCN3CCCC(F)C3)nc3c2CCN(c2cc(O)cc4ccccc24)C3)CC1. The molecule has 0 saturated carbocycles. The zero-order chi connectivity index (χ0) is 28.3. The number of rotatable bonds is 7. The van der Waals surface area contributed by atoms with Crippen LogP contribution >= 0.6 is 0 Å². The summed E-state index contributed by atoms with van der Waals surface area (Å²) in [4.78, 5) is 30.3. The molecule has 10 heteroatoms. The lowest BCUT2D eigenvalue weighted by Crippen LogP contribution is -2.49. The highest BCUT2D eigenvalue weighted by Crippen LogP contribution is 2.36. The van der Waals surface area contributed by atoms with Crippen LogP contribution in [0.4, 0.5) is 15.9 Å². The lowest BCUT2D eigenvalue weighted by molar-refractivity contribution is -0.126. The van der Waals surface area contributed by atoms with Gasteiger partial charge in [-0.3, -0.25) is 9.69 Å². The quantitative estimate of drug-likeness (QED) is 0.440. The van der Waals surface area contributed by atoms with Crippen LogP contribution in [-0.2, 0) is 17.8 Å². The van der Waals surface area contributed by atoms with Crippen LogP contribution < -0.4 is 14.5 Å². The molecule has 2 fully saturated rings. The normalized spacial score (nSPS) is 19.7. The Morgan fingerprint density at radius 1 is 1.10 bits per heavy atom. The molecule has 9 nitrogen and oxygen atoms in total. The van der Waals surface area contributed by atoms with Gasteiger partial charge in [0.1, 0.15) is 24.3 Å². The van der Waals surface area contributed by atoms with Crippen molar-refractivity contribution >= 4 is 28.2 Å². The first-order valence-corrected chi connectivity index (χ1v) is 14.5. The molecular formula is C31H37FN6O3. The Hall–Kier alpha value is -3.92. The summed E-state index contributed by atoms with van der Waals surface area (Å²) in [7, 11) is 0. The Labute approximate surface area is 239 Å². The summed E-state index contributed by atoms with van der Waals surface area (Å²) >= 11 is 0. The summed E-state index contributed by atoms with van der Waals surface area (Å²) in [6.45, 7) is 9.78. The summed E-state index contributed by atoms with van der Waals surface area (Å²) in [5.41, 5.74) is 2.96. The van der Waals surface area contributed by atoms with Crippen LogP contribution in [-0.4, -0.2) is 95.9 Å². The molecule has 216 valence electrons. The molecule has 0 bridgehead atoms. The number of phenols is 1. The maximum Gasteiger partial charge on any atom is 0.318 e. The van der Waals surface area contributed by atoms with Crippen molar-refractivity contribution in [2.24, 2.45) is 0 Å². The number of hydrogen-bond acceptors (Lipinski definition) is 8. The Morgan fingerprint density at radius 3 is 2.73 bits per heavy atom. The number of likely N-dealkylation sites (tertiary alicyclic amines) is 1. The average molecular weight is 561 g/mol. The van der Waals surface area contributed by atoms with Crippen LogP contribution in [0.2, 0.25) is 0 Å². The van der Waals surface area contributed by atoms with E-state index in [0.717, 1.165) is 59.5 Å². The third kappa shape index (κ3) is 5.93. The van der Waals surface area contributed by atoms with Crippen molar-refractivity contribution in [2.45, 2.75) is 32.0 Å². The predicted molar refractivity (Wildman–Crippen MR) is 157 cm³/mol. The Morgan fingerprint density at radius 2 is 1.93 bits per heavy atom. The predicted octanol–water partition coefficient (Wildman–Crippen LogP) is 3.55. The lowest BCUT2D eigenvalue weighted by atomic mass is 10.0. The van der Waals surface area contributed by atoms with E-state index in [2.05, 4.69) is 27.3 Å². The summed E-state index contributed by atoms with van der Waals surface area (Å²) in [6, 6.07) is 12.0. The molecule has 0 radical (unpaired) electrons. The fraction of sp³-hybridized carbons (Fsp3) is 0.452. The maximum absolute atomic E-state index is 13.9. The number of alkyl halides is 1. The molecule has 2 saturated heterocycles. The minimum atomic E-state index is -0.776. The van der Waals surface area contributed by atoms with Crippen molar-refractivity contribution in [3.05, 3.63) is 60.3 Å². The Kier molecular flexibility index (Phi) is 7.91. The third-order valence-corrected chi connectivity index (χ3v) is 8.34. The molecule has 1 amide bonds. The average Bonchev–Trinajstić information content (AvgIpc) is 2.99. The number of benzene rings is 2. The van der Waals surface area contributed by atoms with Crippen LogP contribution in [0.1, 0.15) is 24.1 Å². The van der Waals surface area contributed by atoms with Gasteiger partial charge in [-0.2, -0.15) is 9.97 Å². The van der Waals surface area contributed by atoms with Gasteiger partial charge in [-0.15, -0.1) is 0 Å². The van der Waals surface area contributed by atoms with Crippen LogP contribution in [0.5, 0.6) is 11.8 Å². The van der Waals surface area contributed by atoms with Gasteiger partial charge in [-0.05, 0) is 43.3 Å². The van der Waals surface area contributed by atoms with Gasteiger partial charge in [-0.1, -0.05) is 30.8 Å². The number of piperazine rings is 1. The lowest BCUT2D eigenvalue weighted by Gasteiger charge is -2.38. The second kappa shape index (κ2) is 11.9. The summed E-state index contributed by atoms with van der Waals surface area (Å²) in [5.74, 6) is 1.04. The molecule has 3 aliphatic rings. The Bertz CT molecular complexity index is 1430. The zero-order valence-electron chi connectivity index (χ0n) is 23.3. The van der Waals surface area contributed by atoms with E-state index in [0.29, 0.717) is 64.9 Å². The molecule has 3 aliphatic heterocycles. The number of aromatic nitrogens is 2. The number of aromatic hydroxyl groups is 1. The fourth-order valence-electron chi connectivity index (χ4n) is 6.19. The largest absolute Gasteiger partial charge is 0.508 e. The van der Waals surface area contributed by atoms with Crippen LogP contribution in [0.3, 0.4) is 0 Å². The van der Waals surface area contributed by atoms with E-state index in [4.69, 9.17) is 14.7 Å². The van der Waals surface area contributed by atoms with Gasteiger partial charge in [0.2, 0.25) is 5.91 Å². The molecule has 41 heavy (non-hydrogen) atoms. The number of carbonyl (C=O) groups is 1. The molecule has 2 aromatic carbocycles. The van der Waals surface area contributed by atoms with Gasteiger partial charge in [0.15, 0.2) is 0 Å². The van der Waals surface area contributed by atoms with Gasteiger partial charge in [0, 0.05) is 68.5 Å². The summed E-state index contributed by atoms with van der Waals surface area (Å²) < 4.78 is 20.0. The van der Waals surface area contributed by atoms with Crippen molar-refractivity contribution < 1.29 is 19.0 Å². The number of piperidine rings is 1. The molecule has 4 heterocycles. The van der Waals surface area contributed by atoms with E-state index in [1.165, 1.54) is 6.08 Å². The second-order valence-corrected chi connectivity index (χ2v) is 11.0. The number of halogens is 1. The molecular weight excluding hydrogens is 523 g/mol. The molecule has 1 N–H and O–H groups in total. The number of nitrogens with zero attached hydrogens (tertiary/aromatic N) is 6. The van der Waals surface area contributed by atoms with E-state index in [1.54, 1.807) is 11.0 Å². The zero-order valence-corrected chi connectivity index (χ0v) is 23.3. The number of ether oxygens (including phenoxy) is 1. The van der Waals surface area contributed by atoms with Gasteiger partial charge in [0.25, 0.3) is 0 Å². The minimum Gasteiger partial charge on any atom is -0.508 e.